The molecule has 2 fully saturated rings. The van der Waals surface area contributed by atoms with Crippen LogP contribution in [0.5, 0.6) is 5.75 Å². The Hall–Kier alpha value is -3.80. The van der Waals surface area contributed by atoms with Gasteiger partial charge in [0.15, 0.2) is 11.8 Å². The van der Waals surface area contributed by atoms with Gasteiger partial charge in [-0.2, -0.15) is 0 Å². The van der Waals surface area contributed by atoms with Gasteiger partial charge in [0.1, 0.15) is 12.4 Å². The van der Waals surface area contributed by atoms with Gasteiger partial charge in [0, 0.05) is 35.6 Å². The zero-order valence-corrected chi connectivity index (χ0v) is 25.2. The average Bonchev–Trinajstić information content (AvgIpc) is 3.33. The zero-order valence-electron chi connectivity index (χ0n) is 25.2. The van der Waals surface area contributed by atoms with E-state index < -0.39 is 23.4 Å². The van der Waals surface area contributed by atoms with Crippen LogP contribution >= 0.6 is 0 Å². The molecule has 2 N–H and O–H groups in total. The average molecular weight is 603 g/mol. The Morgan fingerprint density at radius 2 is 1.84 bits per heavy atom. The van der Waals surface area contributed by atoms with Crippen molar-refractivity contribution in [3.8, 4) is 17.1 Å². The first kappa shape index (κ1) is 28.9. The van der Waals surface area contributed by atoms with Gasteiger partial charge in [-0.3, -0.25) is 9.36 Å². The second kappa shape index (κ2) is 11.0. The summed E-state index contributed by atoms with van der Waals surface area (Å²) >= 11 is 0. The van der Waals surface area contributed by atoms with Gasteiger partial charge >= 0.3 is 12.1 Å². The molecule has 11 nitrogen and oxygen atoms in total. The van der Waals surface area contributed by atoms with Gasteiger partial charge in [0.05, 0.1) is 22.5 Å². The van der Waals surface area contributed by atoms with Crippen molar-refractivity contribution in [1.82, 2.24) is 19.4 Å². The molecule has 1 aromatic carbocycles. The van der Waals surface area contributed by atoms with Crippen molar-refractivity contribution in [2.24, 2.45) is 0 Å². The number of piperidine rings is 2. The monoisotopic (exact) mass is 602 g/mol. The number of aliphatic hydroxyl groups is 2. The lowest BCUT2D eigenvalue weighted by molar-refractivity contribution is -0.172. The van der Waals surface area contributed by atoms with E-state index in [0.29, 0.717) is 59.2 Å². The number of nitrogens with zero attached hydrogens (tertiary/aromatic N) is 4. The first-order chi connectivity index (χ1) is 21.2. The highest BCUT2D eigenvalue weighted by molar-refractivity contribution is 5.90. The van der Waals surface area contributed by atoms with Crippen LogP contribution in [0.25, 0.3) is 22.3 Å². The molecule has 44 heavy (non-hydrogen) atoms. The number of ether oxygens (including phenoxy) is 2. The fourth-order valence-corrected chi connectivity index (χ4v) is 7.53. The molecule has 2 atom stereocenters. The van der Waals surface area contributed by atoms with Crippen LogP contribution < -0.4 is 10.3 Å². The van der Waals surface area contributed by atoms with Crippen molar-refractivity contribution in [2.75, 3.05) is 26.2 Å². The molecule has 0 unspecified atom stereocenters. The number of likely N-dealkylation sites (tertiary alicyclic amines) is 2. The highest BCUT2D eigenvalue weighted by atomic mass is 16.6. The van der Waals surface area contributed by atoms with Crippen LogP contribution in [0.15, 0.2) is 29.1 Å². The summed E-state index contributed by atoms with van der Waals surface area (Å²) in [4.78, 5) is 48.4. The Balaban J connectivity index is 1.19. The standard InChI is InChI=1S/C33H38N4O7/c1-3-21-22-16-20(44-32(41)36-14-10-19(11-15-36)35-12-6-5-7-13-35)8-9-25(22)34-28-26-17-24-23(18-43-31(40)33(24,42)4-2)29(38)37(26)30(39)27(21)28/h8-9,16-17,19,30,39,42H,3-7,10-15,18H2,1-2H3/t30-,33+/m1/s1. The molecule has 2 aromatic heterocycles. The summed E-state index contributed by atoms with van der Waals surface area (Å²) in [5.74, 6) is -0.414. The fraction of sp³-hybridized carbons (Fsp3) is 0.515. The topological polar surface area (TPSA) is 134 Å². The van der Waals surface area contributed by atoms with E-state index in [4.69, 9.17) is 14.5 Å². The van der Waals surface area contributed by atoms with E-state index in [1.165, 1.54) is 23.8 Å². The number of rotatable bonds is 4. The number of hydrogen-bond acceptors (Lipinski definition) is 9. The molecule has 2 saturated heterocycles. The third kappa shape index (κ3) is 4.43. The molecule has 7 rings (SSSR count). The quantitative estimate of drug-likeness (QED) is 0.430. The number of aromatic nitrogens is 2. The Morgan fingerprint density at radius 1 is 1.09 bits per heavy atom. The first-order valence-corrected chi connectivity index (χ1v) is 15.8. The molecule has 11 heteroatoms. The number of carbonyl (C=O) groups excluding carboxylic acids is 2. The number of pyridine rings is 2. The van der Waals surface area contributed by atoms with Gasteiger partial charge in [-0.25, -0.2) is 14.6 Å². The van der Waals surface area contributed by atoms with E-state index in [1.807, 2.05) is 6.92 Å². The second-order valence-corrected chi connectivity index (χ2v) is 12.3. The third-order valence-corrected chi connectivity index (χ3v) is 10.0. The highest BCUT2D eigenvalue weighted by Crippen LogP contribution is 2.44. The number of benzene rings is 1. The van der Waals surface area contributed by atoms with E-state index in [0.717, 1.165) is 31.5 Å². The molecule has 0 bridgehead atoms. The Morgan fingerprint density at radius 3 is 2.55 bits per heavy atom. The summed E-state index contributed by atoms with van der Waals surface area (Å²) in [5, 5.41) is 23.4. The van der Waals surface area contributed by atoms with E-state index in [-0.39, 0.29) is 30.2 Å². The van der Waals surface area contributed by atoms with Crippen molar-refractivity contribution in [3.63, 3.8) is 0 Å². The predicted octanol–water partition coefficient (Wildman–Crippen LogP) is 3.58. The van der Waals surface area contributed by atoms with Crippen LogP contribution in [-0.2, 0) is 28.2 Å². The normalized spacial score (nSPS) is 23.7. The summed E-state index contributed by atoms with van der Waals surface area (Å²) in [6.07, 6.45) is 4.55. The number of aliphatic hydroxyl groups excluding tert-OH is 1. The van der Waals surface area contributed by atoms with Crippen LogP contribution in [-0.4, -0.2) is 73.8 Å². The van der Waals surface area contributed by atoms with Crippen LogP contribution in [0.1, 0.15) is 80.9 Å². The fourth-order valence-electron chi connectivity index (χ4n) is 7.53. The summed E-state index contributed by atoms with van der Waals surface area (Å²) in [7, 11) is 0. The molecule has 3 aromatic rings. The summed E-state index contributed by atoms with van der Waals surface area (Å²) < 4.78 is 12.2. The number of esters is 1. The highest BCUT2D eigenvalue weighted by Gasteiger charge is 2.46. The van der Waals surface area contributed by atoms with Crippen molar-refractivity contribution in [2.45, 2.75) is 83.3 Å². The van der Waals surface area contributed by atoms with Gasteiger partial charge < -0.3 is 29.5 Å². The number of aryl methyl sites for hydroxylation is 1. The van der Waals surface area contributed by atoms with Crippen molar-refractivity contribution in [3.05, 3.63) is 56.9 Å². The minimum atomic E-state index is -1.96. The third-order valence-electron chi connectivity index (χ3n) is 10.0. The lowest BCUT2D eigenvalue weighted by atomic mass is 9.86. The lowest BCUT2D eigenvalue weighted by Crippen LogP contribution is -2.48. The van der Waals surface area contributed by atoms with Gasteiger partial charge in [0.2, 0.25) is 0 Å². The van der Waals surface area contributed by atoms with Crippen molar-refractivity contribution in [1.29, 1.82) is 0 Å². The van der Waals surface area contributed by atoms with E-state index >= 15 is 0 Å². The van der Waals surface area contributed by atoms with Crippen molar-refractivity contribution < 1.29 is 29.3 Å². The predicted molar refractivity (Wildman–Crippen MR) is 161 cm³/mol. The number of hydrogen-bond donors (Lipinski definition) is 2. The molecule has 0 radical (unpaired) electrons. The maximum absolute atomic E-state index is 13.6. The largest absolute Gasteiger partial charge is 0.458 e. The Bertz CT molecular complexity index is 1720. The number of fused-ring (bicyclic) bond motifs is 5. The molecular weight excluding hydrogens is 564 g/mol. The lowest BCUT2D eigenvalue weighted by Gasteiger charge is -2.39. The summed E-state index contributed by atoms with van der Waals surface area (Å²) in [6.45, 7) is 6.94. The molecular formula is C33H38N4O7. The first-order valence-electron chi connectivity index (χ1n) is 15.8. The van der Waals surface area contributed by atoms with E-state index in [2.05, 4.69) is 4.90 Å². The molecule has 6 heterocycles. The molecule has 4 aliphatic heterocycles. The SMILES string of the molecule is CCc1c2c(nc3ccc(OC(=O)N4CCC(N5CCCCC5)CC4)cc13)-c1cc3c(c(=O)n1[C@@H]2O)COC(=O)[C@]3(O)CC. The molecule has 1 amide bonds. The smallest absolute Gasteiger partial charge is 0.415 e. The van der Waals surface area contributed by atoms with Crippen LogP contribution in [0.4, 0.5) is 4.79 Å². The Kier molecular flexibility index (Phi) is 7.22. The minimum Gasteiger partial charge on any atom is -0.458 e. The number of amides is 1. The van der Waals surface area contributed by atoms with Gasteiger partial charge in [0.25, 0.3) is 5.56 Å². The van der Waals surface area contributed by atoms with Gasteiger partial charge in [-0.15, -0.1) is 0 Å². The Labute approximate surface area is 255 Å². The molecule has 0 saturated carbocycles. The molecule has 4 aliphatic rings. The van der Waals surface area contributed by atoms with Crippen LogP contribution in [0, 0.1) is 0 Å². The maximum atomic E-state index is 13.6. The second-order valence-electron chi connectivity index (χ2n) is 12.3. The maximum Gasteiger partial charge on any atom is 0.415 e. The number of carbonyl (C=O) groups is 2. The van der Waals surface area contributed by atoms with Gasteiger partial charge in [-0.05, 0) is 81.4 Å². The van der Waals surface area contributed by atoms with Gasteiger partial charge in [-0.1, -0.05) is 20.3 Å². The number of cyclic esters (lactones) is 1. The van der Waals surface area contributed by atoms with Crippen LogP contribution in [0.2, 0.25) is 0 Å². The summed E-state index contributed by atoms with van der Waals surface area (Å²) in [6, 6.07) is 7.35. The zero-order chi connectivity index (χ0) is 30.7. The van der Waals surface area contributed by atoms with E-state index in [1.54, 1.807) is 36.1 Å². The van der Waals surface area contributed by atoms with Crippen LogP contribution in [0.3, 0.4) is 0 Å². The minimum absolute atomic E-state index is 0.0282. The molecule has 0 spiro atoms. The van der Waals surface area contributed by atoms with Crippen molar-refractivity contribution >= 4 is 23.0 Å². The van der Waals surface area contributed by atoms with E-state index in [9.17, 15) is 24.6 Å². The molecule has 0 aliphatic carbocycles. The summed E-state index contributed by atoms with van der Waals surface area (Å²) in [5.41, 5.74) is 0.453. The molecule has 232 valence electrons.